The van der Waals surface area contributed by atoms with Crippen LogP contribution >= 0.6 is 39.1 Å². The molecule has 0 fully saturated rings. The lowest BCUT2D eigenvalue weighted by Crippen LogP contribution is -1.85. The van der Waals surface area contributed by atoms with Crippen molar-refractivity contribution in [2.24, 2.45) is 0 Å². The van der Waals surface area contributed by atoms with Crippen LogP contribution in [-0.2, 0) is 0 Å². The number of halogens is 3. The molecule has 0 aliphatic rings. The van der Waals surface area contributed by atoms with Gasteiger partial charge in [0.15, 0.2) is 0 Å². The topological polar surface area (TPSA) is 23.8 Å². The van der Waals surface area contributed by atoms with Crippen LogP contribution in [0.3, 0.4) is 0 Å². The van der Waals surface area contributed by atoms with Crippen molar-refractivity contribution in [3.05, 3.63) is 38.8 Å². The van der Waals surface area contributed by atoms with Gasteiger partial charge in [0.2, 0.25) is 0 Å². The lowest BCUT2D eigenvalue weighted by Gasteiger charge is -2.05. The SMILES string of the molecule is CC/C(C#N)=C(/Cl)c1cc(Cl)ccc1Br. The summed E-state index contributed by atoms with van der Waals surface area (Å²) in [4.78, 5) is 0. The standard InChI is InChI=1S/C11H8BrCl2N/c1-2-7(6-15)11(14)9-5-8(13)3-4-10(9)12/h3-5H,2H2,1H3/b11-7-. The second kappa shape index (κ2) is 5.55. The van der Waals surface area contributed by atoms with Crippen LogP contribution in [0.15, 0.2) is 28.2 Å². The fourth-order valence-corrected chi connectivity index (χ4v) is 2.17. The summed E-state index contributed by atoms with van der Waals surface area (Å²) in [6.45, 7) is 1.89. The number of rotatable bonds is 2. The van der Waals surface area contributed by atoms with E-state index in [2.05, 4.69) is 22.0 Å². The number of benzene rings is 1. The van der Waals surface area contributed by atoms with Crippen molar-refractivity contribution in [3.8, 4) is 6.07 Å². The number of hydrogen-bond acceptors (Lipinski definition) is 1. The van der Waals surface area contributed by atoms with Gasteiger partial charge in [0.25, 0.3) is 0 Å². The summed E-state index contributed by atoms with van der Waals surface area (Å²) in [5, 5.41) is 9.93. The van der Waals surface area contributed by atoms with E-state index in [1.165, 1.54) is 0 Å². The predicted octanol–water partition coefficient (Wildman–Crippen LogP) is 4.99. The van der Waals surface area contributed by atoms with Gasteiger partial charge in [-0.25, -0.2) is 0 Å². The minimum absolute atomic E-state index is 0.453. The first-order valence-corrected chi connectivity index (χ1v) is 5.89. The summed E-state index contributed by atoms with van der Waals surface area (Å²) in [7, 11) is 0. The van der Waals surface area contributed by atoms with Gasteiger partial charge in [0, 0.05) is 20.6 Å². The van der Waals surface area contributed by atoms with E-state index in [0.717, 1.165) is 10.0 Å². The molecular weight excluding hydrogens is 297 g/mol. The third-order valence-corrected chi connectivity index (χ3v) is 3.28. The van der Waals surface area contributed by atoms with E-state index in [9.17, 15) is 0 Å². The van der Waals surface area contributed by atoms with Gasteiger partial charge in [0.1, 0.15) is 0 Å². The molecule has 0 amide bonds. The minimum atomic E-state index is 0.453. The highest BCUT2D eigenvalue weighted by atomic mass is 79.9. The summed E-state index contributed by atoms with van der Waals surface area (Å²) in [5.41, 5.74) is 1.31. The van der Waals surface area contributed by atoms with Crippen LogP contribution in [0.5, 0.6) is 0 Å². The van der Waals surface area contributed by atoms with Gasteiger partial charge in [-0.05, 0) is 24.6 Å². The molecule has 0 aromatic heterocycles. The third kappa shape index (κ3) is 2.98. The average Bonchev–Trinajstić information content (AvgIpc) is 2.23. The molecule has 78 valence electrons. The third-order valence-electron chi connectivity index (χ3n) is 1.92. The molecule has 1 nitrogen and oxygen atoms in total. The fourth-order valence-electron chi connectivity index (χ4n) is 1.11. The molecule has 0 bridgehead atoms. The molecule has 15 heavy (non-hydrogen) atoms. The molecule has 1 aromatic carbocycles. The van der Waals surface area contributed by atoms with Crippen LogP contribution in [0.2, 0.25) is 5.02 Å². The van der Waals surface area contributed by atoms with Crippen molar-refractivity contribution in [3.63, 3.8) is 0 Å². The maximum Gasteiger partial charge on any atom is 0.0962 e. The van der Waals surface area contributed by atoms with Gasteiger partial charge in [-0.2, -0.15) is 5.26 Å². The number of nitrogens with zero attached hydrogens (tertiary/aromatic N) is 1. The van der Waals surface area contributed by atoms with E-state index in [4.69, 9.17) is 28.5 Å². The second-order valence-corrected chi connectivity index (χ2v) is 4.55. The summed E-state index contributed by atoms with van der Waals surface area (Å²) in [6, 6.07) is 7.39. The maximum atomic E-state index is 8.88. The van der Waals surface area contributed by atoms with Gasteiger partial charge < -0.3 is 0 Å². The zero-order valence-electron chi connectivity index (χ0n) is 8.02. The summed E-state index contributed by atoms with van der Waals surface area (Å²) in [6.07, 6.45) is 0.605. The van der Waals surface area contributed by atoms with Gasteiger partial charge in [-0.3, -0.25) is 0 Å². The maximum absolute atomic E-state index is 8.88. The van der Waals surface area contributed by atoms with Crippen molar-refractivity contribution in [1.82, 2.24) is 0 Å². The van der Waals surface area contributed by atoms with E-state index >= 15 is 0 Å². The molecule has 0 saturated carbocycles. The molecule has 0 N–H and O–H groups in total. The smallest absolute Gasteiger partial charge is 0.0962 e. The summed E-state index contributed by atoms with van der Waals surface area (Å²) >= 11 is 15.4. The average molecular weight is 305 g/mol. The zero-order valence-corrected chi connectivity index (χ0v) is 11.1. The van der Waals surface area contributed by atoms with E-state index in [0.29, 0.717) is 22.0 Å². The summed E-state index contributed by atoms with van der Waals surface area (Å²) < 4.78 is 0.832. The Morgan fingerprint density at radius 3 is 2.73 bits per heavy atom. The first-order chi connectivity index (χ1) is 7.10. The monoisotopic (exact) mass is 303 g/mol. The molecule has 0 unspecified atom stereocenters. The van der Waals surface area contributed by atoms with Gasteiger partial charge in [-0.1, -0.05) is 46.1 Å². The van der Waals surface area contributed by atoms with Crippen molar-refractivity contribution in [2.75, 3.05) is 0 Å². The van der Waals surface area contributed by atoms with Gasteiger partial charge in [-0.15, -0.1) is 0 Å². The van der Waals surface area contributed by atoms with Crippen LogP contribution in [-0.4, -0.2) is 0 Å². The second-order valence-electron chi connectivity index (χ2n) is 2.88. The molecule has 4 heteroatoms. The molecule has 1 rings (SSSR count). The van der Waals surface area contributed by atoms with Crippen LogP contribution in [0.1, 0.15) is 18.9 Å². The Labute approximate surface area is 107 Å². The van der Waals surface area contributed by atoms with Gasteiger partial charge in [0.05, 0.1) is 11.1 Å². The highest BCUT2D eigenvalue weighted by Crippen LogP contribution is 2.32. The first kappa shape index (κ1) is 12.6. The Morgan fingerprint density at radius 1 is 1.53 bits per heavy atom. The predicted molar refractivity (Wildman–Crippen MR) is 67.8 cm³/mol. The molecule has 0 atom stereocenters. The minimum Gasteiger partial charge on any atom is -0.193 e. The fraction of sp³-hybridized carbons (Fsp3) is 0.182. The highest BCUT2D eigenvalue weighted by Gasteiger charge is 2.09. The van der Waals surface area contributed by atoms with E-state index in [1.54, 1.807) is 12.1 Å². The Bertz CT molecular complexity index is 446. The number of allylic oxidation sites excluding steroid dienone is 1. The number of hydrogen-bond donors (Lipinski definition) is 0. The molecular formula is C11H8BrCl2N. The van der Waals surface area contributed by atoms with Crippen LogP contribution in [0.25, 0.3) is 5.03 Å². The van der Waals surface area contributed by atoms with Crippen molar-refractivity contribution < 1.29 is 0 Å². The highest BCUT2D eigenvalue weighted by molar-refractivity contribution is 9.10. The molecule has 0 spiro atoms. The van der Waals surface area contributed by atoms with E-state index < -0.39 is 0 Å². The summed E-state index contributed by atoms with van der Waals surface area (Å²) in [5.74, 6) is 0. The Balaban J connectivity index is 3.34. The van der Waals surface area contributed by atoms with Crippen LogP contribution < -0.4 is 0 Å². The molecule has 1 aromatic rings. The van der Waals surface area contributed by atoms with Crippen molar-refractivity contribution in [2.45, 2.75) is 13.3 Å². The number of nitriles is 1. The lowest BCUT2D eigenvalue weighted by atomic mass is 10.1. The van der Waals surface area contributed by atoms with Crippen molar-refractivity contribution in [1.29, 1.82) is 5.26 Å². The Hall–Kier alpha value is -0.490. The van der Waals surface area contributed by atoms with E-state index in [1.807, 2.05) is 13.0 Å². The molecule has 0 aliphatic heterocycles. The molecule has 0 radical (unpaired) electrons. The molecule has 0 aliphatic carbocycles. The Morgan fingerprint density at radius 2 is 2.20 bits per heavy atom. The van der Waals surface area contributed by atoms with Crippen LogP contribution in [0, 0.1) is 11.3 Å². The first-order valence-electron chi connectivity index (χ1n) is 4.34. The molecule has 0 saturated heterocycles. The van der Waals surface area contributed by atoms with E-state index in [-0.39, 0.29) is 0 Å². The lowest BCUT2D eigenvalue weighted by molar-refractivity contribution is 1.16. The van der Waals surface area contributed by atoms with Crippen LogP contribution in [0.4, 0.5) is 0 Å². The Kier molecular flexibility index (Phi) is 4.66. The van der Waals surface area contributed by atoms with Gasteiger partial charge >= 0.3 is 0 Å². The van der Waals surface area contributed by atoms with Crippen molar-refractivity contribution >= 4 is 44.2 Å². The normalized spacial score (nSPS) is 11.9. The quantitative estimate of drug-likeness (QED) is 0.706. The largest absolute Gasteiger partial charge is 0.193 e. The zero-order chi connectivity index (χ0) is 11.4. The molecule has 0 heterocycles.